The summed E-state index contributed by atoms with van der Waals surface area (Å²) in [6, 6.07) is 4.02. The summed E-state index contributed by atoms with van der Waals surface area (Å²) < 4.78 is 0. The molecule has 0 spiro atoms. The van der Waals surface area contributed by atoms with E-state index in [1.54, 1.807) is 12.4 Å². The Labute approximate surface area is 78.8 Å². The summed E-state index contributed by atoms with van der Waals surface area (Å²) in [6.45, 7) is 4.28. The predicted molar refractivity (Wildman–Crippen MR) is 52.4 cm³/mol. The van der Waals surface area contributed by atoms with Crippen molar-refractivity contribution >= 4 is 11.6 Å². The van der Waals surface area contributed by atoms with Crippen LogP contribution in [0.1, 0.15) is 19.4 Å². The van der Waals surface area contributed by atoms with E-state index in [1.807, 2.05) is 12.1 Å². The van der Waals surface area contributed by atoms with Crippen molar-refractivity contribution in [1.29, 1.82) is 0 Å². The molecule has 2 heteroatoms. The lowest BCUT2D eigenvalue weighted by atomic mass is 10.0. The summed E-state index contributed by atoms with van der Waals surface area (Å²) in [5.41, 5.74) is 1.26. The lowest BCUT2D eigenvalue weighted by Crippen LogP contribution is -2.10. The summed E-state index contributed by atoms with van der Waals surface area (Å²) >= 11 is 6.13. The number of nitrogens with zero attached hydrogens (tertiary/aromatic N) is 1. The highest BCUT2D eigenvalue weighted by atomic mass is 35.5. The van der Waals surface area contributed by atoms with Crippen molar-refractivity contribution in [2.45, 2.75) is 25.6 Å². The van der Waals surface area contributed by atoms with E-state index in [9.17, 15) is 0 Å². The summed E-state index contributed by atoms with van der Waals surface area (Å²) in [7, 11) is 0. The van der Waals surface area contributed by atoms with Crippen LogP contribution in [0.4, 0.5) is 0 Å². The van der Waals surface area contributed by atoms with Crippen LogP contribution in [0.5, 0.6) is 0 Å². The largest absolute Gasteiger partial charge is 0.265 e. The van der Waals surface area contributed by atoms with Crippen LogP contribution in [0.3, 0.4) is 0 Å². The Morgan fingerprint density at radius 2 is 1.92 bits per heavy atom. The van der Waals surface area contributed by atoms with E-state index in [-0.39, 0.29) is 5.38 Å². The van der Waals surface area contributed by atoms with Gasteiger partial charge in [0.1, 0.15) is 0 Å². The second-order valence-corrected chi connectivity index (χ2v) is 3.88. The van der Waals surface area contributed by atoms with Crippen LogP contribution in [0.2, 0.25) is 0 Å². The first-order valence-corrected chi connectivity index (χ1v) is 4.66. The van der Waals surface area contributed by atoms with Crippen LogP contribution in [0.15, 0.2) is 24.5 Å². The molecule has 1 aromatic rings. The summed E-state index contributed by atoms with van der Waals surface area (Å²) in [5, 5.41) is 0.229. The third-order valence-electron chi connectivity index (χ3n) is 1.90. The predicted octanol–water partition coefficient (Wildman–Crippen LogP) is 2.89. The maximum absolute atomic E-state index is 6.13. The minimum Gasteiger partial charge on any atom is -0.265 e. The SMILES string of the molecule is CC(C)C(Cl)Cc1ccncc1. The number of halogens is 1. The van der Waals surface area contributed by atoms with Gasteiger partial charge in [-0.15, -0.1) is 11.6 Å². The van der Waals surface area contributed by atoms with Crippen molar-refractivity contribution in [3.63, 3.8) is 0 Å². The van der Waals surface area contributed by atoms with Crippen LogP contribution in [-0.4, -0.2) is 10.4 Å². The molecule has 0 aliphatic heterocycles. The van der Waals surface area contributed by atoms with Gasteiger partial charge in [0, 0.05) is 17.8 Å². The van der Waals surface area contributed by atoms with Crippen LogP contribution < -0.4 is 0 Å². The standard InChI is InChI=1S/C10H14ClN/c1-8(2)10(11)7-9-3-5-12-6-4-9/h3-6,8,10H,7H2,1-2H3. The molecular weight excluding hydrogens is 170 g/mol. The van der Waals surface area contributed by atoms with Crippen molar-refractivity contribution in [2.75, 3.05) is 0 Å². The Bertz CT molecular complexity index is 221. The quantitative estimate of drug-likeness (QED) is 0.657. The maximum Gasteiger partial charge on any atom is 0.0399 e. The molecule has 1 aromatic heterocycles. The molecule has 66 valence electrons. The molecule has 0 saturated heterocycles. The van der Waals surface area contributed by atoms with Gasteiger partial charge in [-0.05, 0) is 30.0 Å². The fourth-order valence-electron chi connectivity index (χ4n) is 0.980. The zero-order valence-electron chi connectivity index (χ0n) is 7.50. The number of aromatic nitrogens is 1. The van der Waals surface area contributed by atoms with E-state index in [0.29, 0.717) is 5.92 Å². The molecule has 12 heavy (non-hydrogen) atoms. The van der Waals surface area contributed by atoms with E-state index in [1.165, 1.54) is 5.56 Å². The maximum atomic E-state index is 6.13. The number of hydrogen-bond acceptors (Lipinski definition) is 1. The normalized spacial score (nSPS) is 13.3. The zero-order valence-corrected chi connectivity index (χ0v) is 8.25. The first-order valence-electron chi connectivity index (χ1n) is 4.23. The Morgan fingerprint density at radius 3 is 2.42 bits per heavy atom. The molecular formula is C10H14ClN. The van der Waals surface area contributed by atoms with E-state index in [0.717, 1.165) is 6.42 Å². The Hall–Kier alpha value is -0.560. The molecule has 1 rings (SSSR count). The van der Waals surface area contributed by atoms with Crippen LogP contribution in [-0.2, 0) is 6.42 Å². The smallest absolute Gasteiger partial charge is 0.0399 e. The van der Waals surface area contributed by atoms with E-state index >= 15 is 0 Å². The van der Waals surface area contributed by atoms with Crippen LogP contribution in [0, 0.1) is 5.92 Å². The molecule has 1 heterocycles. The van der Waals surface area contributed by atoms with Crippen LogP contribution in [0.25, 0.3) is 0 Å². The fourth-order valence-corrected chi connectivity index (χ4v) is 1.16. The highest BCUT2D eigenvalue weighted by Crippen LogP contribution is 2.14. The molecule has 0 aromatic carbocycles. The van der Waals surface area contributed by atoms with Crippen molar-refractivity contribution in [3.05, 3.63) is 30.1 Å². The summed E-state index contributed by atoms with van der Waals surface area (Å²) in [4.78, 5) is 3.95. The van der Waals surface area contributed by atoms with E-state index in [2.05, 4.69) is 18.8 Å². The molecule has 0 aliphatic carbocycles. The van der Waals surface area contributed by atoms with Gasteiger partial charge in [-0.3, -0.25) is 4.98 Å². The lowest BCUT2D eigenvalue weighted by molar-refractivity contribution is 0.596. The monoisotopic (exact) mass is 183 g/mol. The minimum atomic E-state index is 0.229. The van der Waals surface area contributed by atoms with Crippen molar-refractivity contribution in [2.24, 2.45) is 5.92 Å². The van der Waals surface area contributed by atoms with Gasteiger partial charge in [0.05, 0.1) is 0 Å². The lowest BCUT2D eigenvalue weighted by Gasteiger charge is -2.12. The topological polar surface area (TPSA) is 12.9 Å². The minimum absolute atomic E-state index is 0.229. The highest BCUT2D eigenvalue weighted by Gasteiger charge is 2.09. The van der Waals surface area contributed by atoms with Crippen molar-refractivity contribution < 1.29 is 0 Å². The van der Waals surface area contributed by atoms with Gasteiger partial charge in [0.25, 0.3) is 0 Å². The molecule has 1 atom stereocenters. The average Bonchev–Trinajstić information content (AvgIpc) is 2.06. The first-order chi connectivity index (χ1) is 5.70. The highest BCUT2D eigenvalue weighted by molar-refractivity contribution is 6.20. The summed E-state index contributed by atoms with van der Waals surface area (Å²) in [5.74, 6) is 0.528. The second kappa shape index (κ2) is 4.46. The molecule has 0 amide bonds. The van der Waals surface area contributed by atoms with Gasteiger partial charge in [-0.1, -0.05) is 13.8 Å². The molecule has 0 bridgehead atoms. The molecule has 1 unspecified atom stereocenters. The van der Waals surface area contributed by atoms with Gasteiger partial charge in [0.2, 0.25) is 0 Å². The number of pyridine rings is 1. The summed E-state index contributed by atoms with van der Waals surface area (Å²) in [6.07, 6.45) is 4.54. The fraction of sp³-hybridized carbons (Fsp3) is 0.500. The molecule has 0 saturated carbocycles. The van der Waals surface area contributed by atoms with Gasteiger partial charge < -0.3 is 0 Å². The number of hydrogen-bond donors (Lipinski definition) is 0. The Kier molecular flexibility index (Phi) is 3.54. The molecule has 0 aliphatic rings. The number of alkyl halides is 1. The first kappa shape index (κ1) is 9.53. The third kappa shape index (κ3) is 2.82. The van der Waals surface area contributed by atoms with Gasteiger partial charge in [-0.2, -0.15) is 0 Å². The molecule has 0 fully saturated rings. The second-order valence-electron chi connectivity index (χ2n) is 3.32. The van der Waals surface area contributed by atoms with Gasteiger partial charge in [0.15, 0.2) is 0 Å². The average molecular weight is 184 g/mol. The van der Waals surface area contributed by atoms with E-state index in [4.69, 9.17) is 11.6 Å². The van der Waals surface area contributed by atoms with Crippen LogP contribution >= 0.6 is 11.6 Å². The Balaban J connectivity index is 2.53. The van der Waals surface area contributed by atoms with E-state index < -0.39 is 0 Å². The molecule has 1 nitrogen and oxygen atoms in total. The van der Waals surface area contributed by atoms with Gasteiger partial charge in [-0.25, -0.2) is 0 Å². The third-order valence-corrected chi connectivity index (χ3v) is 2.56. The Morgan fingerprint density at radius 1 is 1.33 bits per heavy atom. The molecule has 0 N–H and O–H groups in total. The van der Waals surface area contributed by atoms with Crippen molar-refractivity contribution in [3.8, 4) is 0 Å². The zero-order chi connectivity index (χ0) is 8.97. The van der Waals surface area contributed by atoms with Crippen molar-refractivity contribution in [1.82, 2.24) is 4.98 Å². The number of rotatable bonds is 3. The molecule has 0 radical (unpaired) electrons. The van der Waals surface area contributed by atoms with Gasteiger partial charge >= 0.3 is 0 Å².